The maximum absolute atomic E-state index is 6.18. The molecule has 0 bridgehead atoms. The van der Waals surface area contributed by atoms with Crippen LogP contribution < -0.4 is 10.1 Å². The molecule has 1 heterocycles. The van der Waals surface area contributed by atoms with E-state index in [1.54, 1.807) is 7.11 Å². The van der Waals surface area contributed by atoms with Crippen molar-refractivity contribution in [2.24, 2.45) is 0 Å². The van der Waals surface area contributed by atoms with Crippen molar-refractivity contribution in [3.8, 4) is 17.1 Å². The van der Waals surface area contributed by atoms with Gasteiger partial charge in [-0.15, -0.1) is 0 Å². The molecule has 0 atom stereocenters. The zero-order chi connectivity index (χ0) is 15.4. The molecule has 1 N–H and O–H groups in total. The summed E-state index contributed by atoms with van der Waals surface area (Å²) in [5, 5.41) is 3.86. The van der Waals surface area contributed by atoms with E-state index in [9.17, 15) is 0 Å². The van der Waals surface area contributed by atoms with Crippen LogP contribution in [0.3, 0.4) is 0 Å². The first-order valence-corrected chi connectivity index (χ1v) is 7.43. The number of rotatable bonds is 5. The summed E-state index contributed by atoms with van der Waals surface area (Å²) < 4.78 is 5.17. The topological polar surface area (TPSA) is 47.0 Å². The minimum Gasteiger partial charge on any atom is -0.495 e. The van der Waals surface area contributed by atoms with Gasteiger partial charge in [-0.1, -0.05) is 18.5 Å². The molecule has 21 heavy (non-hydrogen) atoms. The maximum Gasteiger partial charge on any atom is 0.161 e. The highest BCUT2D eigenvalue weighted by molar-refractivity contribution is 6.32. The van der Waals surface area contributed by atoms with Crippen LogP contribution in [0.2, 0.25) is 5.02 Å². The Bertz CT molecular complexity index is 644. The monoisotopic (exact) mass is 305 g/mol. The van der Waals surface area contributed by atoms with Crippen LogP contribution in [0, 0.1) is 6.92 Å². The zero-order valence-corrected chi connectivity index (χ0v) is 13.6. The number of nitrogens with one attached hydrogen (secondary N) is 1. The van der Waals surface area contributed by atoms with Gasteiger partial charge in [-0.25, -0.2) is 9.97 Å². The number of aryl methyl sites for hydroxylation is 1. The number of hydrogen-bond donors (Lipinski definition) is 1. The molecule has 0 aliphatic carbocycles. The smallest absolute Gasteiger partial charge is 0.161 e. The van der Waals surface area contributed by atoms with Crippen molar-refractivity contribution < 1.29 is 4.74 Å². The van der Waals surface area contributed by atoms with Gasteiger partial charge in [-0.2, -0.15) is 0 Å². The van der Waals surface area contributed by atoms with Crippen molar-refractivity contribution in [3.63, 3.8) is 0 Å². The van der Waals surface area contributed by atoms with Crippen LogP contribution >= 0.6 is 11.6 Å². The predicted octanol–water partition coefficient (Wildman–Crippen LogP) is 4.11. The summed E-state index contributed by atoms with van der Waals surface area (Å²) in [6.45, 7) is 7.00. The molecule has 0 saturated heterocycles. The molecule has 1 aromatic heterocycles. The summed E-state index contributed by atoms with van der Waals surface area (Å²) in [7, 11) is 1.60. The number of ether oxygens (including phenoxy) is 1. The first kappa shape index (κ1) is 15.6. The van der Waals surface area contributed by atoms with Crippen molar-refractivity contribution in [2.75, 3.05) is 19.0 Å². The minimum absolute atomic E-state index is 0.556. The summed E-state index contributed by atoms with van der Waals surface area (Å²) in [5.74, 6) is 2.22. The summed E-state index contributed by atoms with van der Waals surface area (Å²) in [6.07, 6.45) is 0.901. The van der Waals surface area contributed by atoms with E-state index in [0.29, 0.717) is 16.6 Å². The zero-order valence-electron chi connectivity index (χ0n) is 12.8. The largest absolute Gasteiger partial charge is 0.495 e. The second-order valence-electron chi connectivity index (χ2n) is 4.69. The van der Waals surface area contributed by atoms with Crippen LogP contribution in [0.5, 0.6) is 5.75 Å². The van der Waals surface area contributed by atoms with Crippen molar-refractivity contribution in [3.05, 3.63) is 34.5 Å². The average molecular weight is 306 g/mol. The standard InChI is InChI=1S/C16H20ClN3O/c1-5-12-10(3)19-15(20-16(12)18-6-2)11-7-8-14(21-4)13(17)9-11/h7-9H,5-6H2,1-4H3,(H,18,19,20). The number of hydrogen-bond acceptors (Lipinski definition) is 4. The van der Waals surface area contributed by atoms with E-state index in [-0.39, 0.29) is 0 Å². The van der Waals surface area contributed by atoms with Crippen LogP contribution in [0.25, 0.3) is 11.4 Å². The van der Waals surface area contributed by atoms with Gasteiger partial charge in [0, 0.05) is 23.4 Å². The molecule has 2 aromatic rings. The van der Waals surface area contributed by atoms with Crippen LogP contribution in [-0.2, 0) is 6.42 Å². The van der Waals surface area contributed by atoms with Crippen molar-refractivity contribution in [1.82, 2.24) is 9.97 Å². The number of methoxy groups -OCH3 is 1. The van der Waals surface area contributed by atoms with E-state index in [4.69, 9.17) is 16.3 Å². The number of aromatic nitrogens is 2. The SMILES string of the molecule is CCNc1nc(-c2ccc(OC)c(Cl)c2)nc(C)c1CC. The fraction of sp³-hybridized carbons (Fsp3) is 0.375. The third-order valence-electron chi connectivity index (χ3n) is 3.32. The number of nitrogens with zero attached hydrogens (tertiary/aromatic N) is 2. The average Bonchev–Trinajstić information content (AvgIpc) is 2.47. The molecular weight excluding hydrogens is 286 g/mol. The molecule has 0 unspecified atom stereocenters. The van der Waals surface area contributed by atoms with E-state index >= 15 is 0 Å². The highest BCUT2D eigenvalue weighted by Gasteiger charge is 2.12. The van der Waals surface area contributed by atoms with Gasteiger partial charge in [0.1, 0.15) is 11.6 Å². The minimum atomic E-state index is 0.556. The summed E-state index contributed by atoms with van der Waals surface area (Å²) in [4.78, 5) is 9.24. The lowest BCUT2D eigenvalue weighted by Crippen LogP contribution is -2.08. The number of halogens is 1. The quantitative estimate of drug-likeness (QED) is 0.903. The normalized spacial score (nSPS) is 10.5. The summed E-state index contributed by atoms with van der Waals surface area (Å²) in [5.41, 5.74) is 3.02. The van der Waals surface area contributed by atoms with Crippen LogP contribution in [0.1, 0.15) is 25.1 Å². The first-order chi connectivity index (χ1) is 10.1. The lowest BCUT2D eigenvalue weighted by molar-refractivity contribution is 0.415. The van der Waals surface area contributed by atoms with Gasteiger partial charge in [0.25, 0.3) is 0 Å². The Balaban J connectivity index is 2.51. The molecule has 5 heteroatoms. The van der Waals surface area contributed by atoms with Crippen LogP contribution in [0.15, 0.2) is 18.2 Å². The molecule has 0 aliphatic rings. The van der Waals surface area contributed by atoms with Gasteiger partial charge < -0.3 is 10.1 Å². The van der Waals surface area contributed by atoms with Gasteiger partial charge in [-0.05, 0) is 38.5 Å². The Labute approximate surface area is 130 Å². The van der Waals surface area contributed by atoms with Gasteiger partial charge in [0.2, 0.25) is 0 Å². The van der Waals surface area contributed by atoms with E-state index < -0.39 is 0 Å². The molecule has 2 rings (SSSR count). The van der Waals surface area contributed by atoms with Gasteiger partial charge in [-0.3, -0.25) is 0 Å². The van der Waals surface area contributed by atoms with Crippen molar-refractivity contribution in [2.45, 2.75) is 27.2 Å². The van der Waals surface area contributed by atoms with Gasteiger partial charge in [0.15, 0.2) is 5.82 Å². The number of benzene rings is 1. The fourth-order valence-corrected chi connectivity index (χ4v) is 2.53. The molecule has 0 aliphatic heterocycles. The fourth-order valence-electron chi connectivity index (χ4n) is 2.27. The maximum atomic E-state index is 6.18. The Morgan fingerprint density at radius 3 is 2.57 bits per heavy atom. The molecule has 0 fully saturated rings. The summed E-state index contributed by atoms with van der Waals surface area (Å²) in [6, 6.07) is 5.58. The lowest BCUT2D eigenvalue weighted by Gasteiger charge is -2.13. The summed E-state index contributed by atoms with van der Waals surface area (Å²) >= 11 is 6.18. The highest BCUT2D eigenvalue weighted by Crippen LogP contribution is 2.30. The Kier molecular flexibility index (Phi) is 5.02. The molecule has 112 valence electrons. The molecule has 0 amide bonds. The molecule has 1 aromatic carbocycles. The Morgan fingerprint density at radius 1 is 1.24 bits per heavy atom. The van der Waals surface area contributed by atoms with Crippen LogP contribution in [0.4, 0.5) is 5.82 Å². The lowest BCUT2D eigenvalue weighted by atomic mass is 10.1. The second kappa shape index (κ2) is 6.76. The van der Waals surface area contributed by atoms with E-state index in [2.05, 4.69) is 29.1 Å². The van der Waals surface area contributed by atoms with Gasteiger partial charge >= 0.3 is 0 Å². The van der Waals surface area contributed by atoms with Crippen molar-refractivity contribution >= 4 is 17.4 Å². The highest BCUT2D eigenvalue weighted by atomic mass is 35.5. The molecule has 0 spiro atoms. The second-order valence-corrected chi connectivity index (χ2v) is 5.10. The molecule has 4 nitrogen and oxygen atoms in total. The van der Waals surface area contributed by atoms with E-state index in [1.807, 2.05) is 25.1 Å². The third kappa shape index (κ3) is 3.27. The van der Waals surface area contributed by atoms with Crippen molar-refractivity contribution in [1.29, 1.82) is 0 Å². The van der Waals surface area contributed by atoms with Gasteiger partial charge in [0.05, 0.1) is 12.1 Å². The van der Waals surface area contributed by atoms with Crippen LogP contribution in [-0.4, -0.2) is 23.6 Å². The predicted molar refractivity (Wildman–Crippen MR) is 87.3 cm³/mol. The Hall–Kier alpha value is -1.81. The third-order valence-corrected chi connectivity index (χ3v) is 3.62. The molecule has 0 radical (unpaired) electrons. The molecular formula is C16H20ClN3O. The van der Waals surface area contributed by atoms with E-state index in [0.717, 1.165) is 35.6 Å². The molecule has 0 saturated carbocycles. The first-order valence-electron chi connectivity index (χ1n) is 7.06. The number of anilines is 1. The van der Waals surface area contributed by atoms with E-state index in [1.165, 1.54) is 0 Å². The Morgan fingerprint density at radius 2 is 2.00 bits per heavy atom.